The van der Waals surface area contributed by atoms with Crippen LogP contribution in [0.2, 0.25) is 5.02 Å². The molecule has 1 aliphatic rings. The van der Waals surface area contributed by atoms with Crippen LogP contribution in [0.3, 0.4) is 0 Å². The molecule has 0 atom stereocenters. The van der Waals surface area contributed by atoms with Crippen molar-refractivity contribution in [3.63, 3.8) is 0 Å². The van der Waals surface area contributed by atoms with Crippen molar-refractivity contribution in [2.75, 3.05) is 5.32 Å². The van der Waals surface area contributed by atoms with E-state index in [0.717, 1.165) is 5.56 Å². The van der Waals surface area contributed by atoms with E-state index >= 15 is 0 Å². The van der Waals surface area contributed by atoms with Gasteiger partial charge in [0.2, 0.25) is 0 Å². The minimum absolute atomic E-state index is 0.129. The van der Waals surface area contributed by atoms with E-state index < -0.39 is 5.41 Å². The van der Waals surface area contributed by atoms with Crippen LogP contribution in [0.4, 0.5) is 10.1 Å². The van der Waals surface area contributed by atoms with E-state index in [-0.39, 0.29) is 11.9 Å². The summed E-state index contributed by atoms with van der Waals surface area (Å²) in [5.74, 6) is -0.323. The first-order valence-electron chi connectivity index (χ1n) is 6.81. The number of halogens is 2. The standard InChI is InChI=1S/C17H14ClFN2/c18-15-7-6-13(19)8-16(15)21-14-9-17(10-14,11-20)12-4-2-1-3-5-12/h1-8,14,21H,9-10H2. The van der Waals surface area contributed by atoms with Gasteiger partial charge in [-0.15, -0.1) is 0 Å². The van der Waals surface area contributed by atoms with Gasteiger partial charge >= 0.3 is 0 Å². The number of rotatable bonds is 3. The molecule has 2 aromatic rings. The Kier molecular flexibility index (Phi) is 3.57. The van der Waals surface area contributed by atoms with Gasteiger partial charge in [-0.05, 0) is 36.6 Å². The first kappa shape index (κ1) is 13.9. The summed E-state index contributed by atoms with van der Waals surface area (Å²) in [5, 5.41) is 13.2. The number of nitrogens with one attached hydrogen (secondary N) is 1. The molecule has 3 rings (SSSR count). The fourth-order valence-electron chi connectivity index (χ4n) is 2.86. The second-order valence-electron chi connectivity index (χ2n) is 5.43. The highest BCUT2D eigenvalue weighted by atomic mass is 35.5. The van der Waals surface area contributed by atoms with Crippen LogP contribution in [0.1, 0.15) is 18.4 Å². The highest BCUT2D eigenvalue weighted by molar-refractivity contribution is 6.33. The zero-order chi connectivity index (χ0) is 14.9. The summed E-state index contributed by atoms with van der Waals surface area (Å²) in [4.78, 5) is 0. The van der Waals surface area contributed by atoms with E-state index in [1.807, 2.05) is 30.3 Å². The third-order valence-electron chi connectivity index (χ3n) is 4.02. The van der Waals surface area contributed by atoms with E-state index in [0.29, 0.717) is 23.6 Å². The Morgan fingerprint density at radius 3 is 2.57 bits per heavy atom. The third-order valence-corrected chi connectivity index (χ3v) is 4.35. The molecular formula is C17H14ClFN2. The largest absolute Gasteiger partial charge is 0.381 e. The molecule has 1 saturated carbocycles. The molecule has 106 valence electrons. The highest BCUT2D eigenvalue weighted by Gasteiger charge is 2.46. The van der Waals surface area contributed by atoms with E-state index in [2.05, 4.69) is 11.4 Å². The first-order valence-corrected chi connectivity index (χ1v) is 7.19. The van der Waals surface area contributed by atoms with Crippen LogP contribution in [0, 0.1) is 17.1 Å². The van der Waals surface area contributed by atoms with E-state index in [1.165, 1.54) is 18.2 Å². The second kappa shape index (κ2) is 5.38. The zero-order valence-corrected chi connectivity index (χ0v) is 12.1. The Bertz CT molecular complexity index is 688. The van der Waals surface area contributed by atoms with Crippen molar-refractivity contribution in [1.29, 1.82) is 5.26 Å². The molecule has 2 aromatic carbocycles. The molecule has 0 bridgehead atoms. The van der Waals surface area contributed by atoms with Crippen molar-refractivity contribution >= 4 is 17.3 Å². The number of hydrogen-bond acceptors (Lipinski definition) is 2. The van der Waals surface area contributed by atoms with Gasteiger partial charge in [-0.2, -0.15) is 5.26 Å². The van der Waals surface area contributed by atoms with E-state index in [4.69, 9.17) is 11.6 Å². The summed E-state index contributed by atoms with van der Waals surface area (Å²) in [7, 11) is 0. The lowest BCUT2D eigenvalue weighted by atomic mass is 9.62. The van der Waals surface area contributed by atoms with Gasteiger partial charge < -0.3 is 5.32 Å². The predicted octanol–water partition coefficient (Wildman–Crippen LogP) is 4.51. The van der Waals surface area contributed by atoms with Crippen LogP contribution in [-0.4, -0.2) is 6.04 Å². The topological polar surface area (TPSA) is 35.8 Å². The maximum absolute atomic E-state index is 13.3. The van der Waals surface area contributed by atoms with Gasteiger partial charge in [0.25, 0.3) is 0 Å². The number of nitrogens with zero attached hydrogens (tertiary/aromatic N) is 1. The number of anilines is 1. The number of hydrogen-bond donors (Lipinski definition) is 1. The zero-order valence-electron chi connectivity index (χ0n) is 11.3. The van der Waals surface area contributed by atoms with Gasteiger partial charge in [-0.1, -0.05) is 41.9 Å². The minimum Gasteiger partial charge on any atom is -0.381 e. The molecule has 0 aliphatic heterocycles. The van der Waals surface area contributed by atoms with Crippen LogP contribution in [0.15, 0.2) is 48.5 Å². The molecule has 0 unspecified atom stereocenters. The molecule has 0 aromatic heterocycles. The molecule has 21 heavy (non-hydrogen) atoms. The smallest absolute Gasteiger partial charge is 0.125 e. The maximum Gasteiger partial charge on any atom is 0.125 e. The molecule has 2 nitrogen and oxygen atoms in total. The fourth-order valence-corrected chi connectivity index (χ4v) is 3.03. The lowest BCUT2D eigenvalue weighted by Crippen LogP contribution is -2.47. The van der Waals surface area contributed by atoms with Crippen molar-refractivity contribution in [2.45, 2.75) is 24.3 Å². The van der Waals surface area contributed by atoms with Crippen molar-refractivity contribution in [1.82, 2.24) is 0 Å². The van der Waals surface area contributed by atoms with Crippen LogP contribution >= 0.6 is 11.6 Å². The van der Waals surface area contributed by atoms with Crippen LogP contribution in [0.5, 0.6) is 0 Å². The highest BCUT2D eigenvalue weighted by Crippen LogP contribution is 2.45. The quantitative estimate of drug-likeness (QED) is 0.905. The minimum atomic E-state index is -0.446. The molecule has 4 heteroatoms. The lowest BCUT2D eigenvalue weighted by molar-refractivity contribution is 0.289. The molecule has 1 N–H and O–H groups in total. The second-order valence-corrected chi connectivity index (χ2v) is 5.84. The normalized spacial score (nSPS) is 24.0. The van der Waals surface area contributed by atoms with Gasteiger partial charge in [-0.3, -0.25) is 0 Å². The Balaban J connectivity index is 1.73. The Morgan fingerprint density at radius 2 is 1.90 bits per heavy atom. The molecular weight excluding hydrogens is 287 g/mol. The van der Waals surface area contributed by atoms with Gasteiger partial charge in [0.1, 0.15) is 5.82 Å². The van der Waals surface area contributed by atoms with Crippen LogP contribution in [-0.2, 0) is 5.41 Å². The van der Waals surface area contributed by atoms with Gasteiger partial charge in [0, 0.05) is 6.04 Å². The van der Waals surface area contributed by atoms with Gasteiger partial charge in [-0.25, -0.2) is 4.39 Å². The van der Waals surface area contributed by atoms with E-state index in [1.54, 1.807) is 0 Å². The molecule has 1 fully saturated rings. The molecule has 0 spiro atoms. The van der Waals surface area contributed by atoms with Gasteiger partial charge in [0.15, 0.2) is 0 Å². The average molecular weight is 301 g/mol. The first-order chi connectivity index (χ1) is 10.1. The molecule has 1 aliphatic carbocycles. The average Bonchev–Trinajstić information content (AvgIpc) is 2.47. The SMILES string of the molecule is N#CC1(c2ccccc2)CC(Nc2cc(F)ccc2Cl)C1. The summed E-state index contributed by atoms with van der Waals surface area (Å²) in [6.45, 7) is 0. The molecule has 0 heterocycles. The Morgan fingerprint density at radius 1 is 1.19 bits per heavy atom. The maximum atomic E-state index is 13.3. The van der Waals surface area contributed by atoms with E-state index in [9.17, 15) is 9.65 Å². The van der Waals surface area contributed by atoms with Gasteiger partial charge in [0.05, 0.1) is 22.2 Å². The van der Waals surface area contributed by atoms with Crippen molar-refractivity contribution in [2.24, 2.45) is 0 Å². The van der Waals surface area contributed by atoms with Crippen molar-refractivity contribution in [3.8, 4) is 6.07 Å². The Hall–Kier alpha value is -2.05. The summed E-state index contributed by atoms with van der Waals surface area (Å²) < 4.78 is 13.3. The molecule has 0 saturated heterocycles. The van der Waals surface area contributed by atoms with Crippen LogP contribution in [0.25, 0.3) is 0 Å². The molecule has 0 amide bonds. The molecule has 0 radical (unpaired) electrons. The predicted molar refractivity (Wildman–Crippen MR) is 81.8 cm³/mol. The summed E-state index contributed by atoms with van der Waals surface area (Å²) >= 11 is 6.05. The number of benzene rings is 2. The Labute approximate surface area is 128 Å². The monoisotopic (exact) mass is 300 g/mol. The van der Waals surface area contributed by atoms with Crippen molar-refractivity contribution in [3.05, 3.63) is 64.9 Å². The van der Waals surface area contributed by atoms with Crippen LogP contribution < -0.4 is 5.32 Å². The summed E-state index contributed by atoms with van der Waals surface area (Å²) in [6, 6.07) is 16.6. The summed E-state index contributed by atoms with van der Waals surface area (Å²) in [5.41, 5.74) is 1.18. The number of nitriles is 1. The summed E-state index contributed by atoms with van der Waals surface area (Å²) in [6.07, 6.45) is 1.39. The lowest BCUT2D eigenvalue weighted by Gasteiger charge is -2.43. The third kappa shape index (κ3) is 2.59. The fraction of sp³-hybridized carbons (Fsp3) is 0.235. The van der Waals surface area contributed by atoms with Crippen molar-refractivity contribution < 1.29 is 4.39 Å².